The molecule has 1 heteroatoms. The Balaban J connectivity index is 2.31. The van der Waals surface area contributed by atoms with Gasteiger partial charge in [0, 0.05) is 0 Å². The Bertz CT molecular complexity index is 293. The van der Waals surface area contributed by atoms with Crippen LogP contribution in [0, 0.1) is 5.92 Å². The summed E-state index contributed by atoms with van der Waals surface area (Å²) in [7, 11) is 0. The highest BCUT2D eigenvalue weighted by Crippen LogP contribution is 2.34. The van der Waals surface area contributed by atoms with E-state index in [1.165, 1.54) is 12.0 Å². The fourth-order valence-corrected chi connectivity index (χ4v) is 2.19. The molecule has 13 heavy (non-hydrogen) atoms. The lowest BCUT2D eigenvalue weighted by molar-refractivity contribution is 0.130. The molecule has 0 spiro atoms. The van der Waals surface area contributed by atoms with Gasteiger partial charge in [-0.3, -0.25) is 0 Å². The van der Waals surface area contributed by atoms with Crippen molar-refractivity contribution in [1.29, 1.82) is 0 Å². The third-order valence-corrected chi connectivity index (χ3v) is 3.06. The Hall–Kier alpha value is -0.820. The largest absolute Gasteiger partial charge is 0.388 e. The minimum absolute atomic E-state index is 0.227. The molecule has 1 aliphatic rings. The lowest BCUT2D eigenvalue weighted by Crippen LogP contribution is -2.17. The van der Waals surface area contributed by atoms with Crippen LogP contribution in [0.4, 0.5) is 0 Å². The highest BCUT2D eigenvalue weighted by molar-refractivity contribution is 5.31. The maximum absolute atomic E-state index is 9.86. The van der Waals surface area contributed by atoms with Gasteiger partial charge in [-0.1, -0.05) is 37.6 Å². The fraction of sp³-hybridized carbons (Fsp3) is 0.500. The van der Waals surface area contributed by atoms with Crippen LogP contribution in [0.25, 0.3) is 0 Å². The zero-order chi connectivity index (χ0) is 9.26. The summed E-state index contributed by atoms with van der Waals surface area (Å²) in [6.07, 6.45) is 3.03. The van der Waals surface area contributed by atoms with E-state index in [0.717, 1.165) is 18.4 Å². The average molecular weight is 176 g/mol. The van der Waals surface area contributed by atoms with Crippen LogP contribution < -0.4 is 0 Å². The van der Waals surface area contributed by atoms with Crippen molar-refractivity contribution in [2.24, 2.45) is 5.92 Å². The molecular formula is C12H16O. The topological polar surface area (TPSA) is 20.2 Å². The van der Waals surface area contributed by atoms with Crippen molar-refractivity contribution in [3.05, 3.63) is 35.4 Å². The number of fused-ring (bicyclic) bond motifs is 1. The molecule has 1 N–H and O–H groups in total. The van der Waals surface area contributed by atoms with Crippen LogP contribution in [0.3, 0.4) is 0 Å². The van der Waals surface area contributed by atoms with Crippen molar-refractivity contribution in [1.82, 2.24) is 0 Å². The SMILES string of the molecule is CCC1Cc2ccccc2C(O)C1. The predicted octanol–water partition coefficient (Wildman–Crippen LogP) is 2.69. The number of benzene rings is 1. The second kappa shape index (κ2) is 3.51. The van der Waals surface area contributed by atoms with Gasteiger partial charge in [0.15, 0.2) is 0 Å². The minimum atomic E-state index is -0.227. The summed E-state index contributed by atoms with van der Waals surface area (Å²) < 4.78 is 0. The highest BCUT2D eigenvalue weighted by atomic mass is 16.3. The summed E-state index contributed by atoms with van der Waals surface area (Å²) in [5.74, 6) is 0.671. The molecule has 2 rings (SSSR count). The number of aliphatic hydroxyl groups is 1. The van der Waals surface area contributed by atoms with E-state index in [4.69, 9.17) is 0 Å². The third kappa shape index (κ3) is 1.61. The van der Waals surface area contributed by atoms with Crippen LogP contribution in [-0.4, -0.2) is 5.11 Å². The van der Waals surface area contributed by atoms with Crippen LogP contribution in [0.5, 0.6) is 0 Å². The van der Waals surface area contributed by atoms with Crippen molar-refractivity contribution in [2.45, 2.75) is 32.3 Å². The standard InChI is InChI=1S/C12H16O/c1-2-9-7-10-5-3-4-6-11(10)12(13)8-9/h3-6,9,12-13H,2,7-8H2,1H3. The maximum Gasteiger partial charge on any atom is 0.0795 e. The van der Waals surface area contributed by atoms with Crippen LogP contribution in [0.1, 0.15) is 37.0 Å². The number of hydrogen-bond acceptors (Lipinski definition) is 1. The highest BCUT2D eigenvalue weighted by Gasteiger charge is 2.23. The van der Waals surface area contributed by atoms with Crippen LogP contribution in [0.15, 0.2) is 24.3 Å². The first-order valence-corrected chi connectivity index (χ1v) is 5.07. The monoisotopic (exact) mass is 176 g/mol. The third-order valence-electron chi connectivity index (χ3n) is 3.06. The Morgan fingerprint density at radius 2 is 2.15 bits per heavy atom. The zero-order valence-corrected chi connectivity index (χ0v) is 8.03. The van der Waals surface area contributed by atoms with E-state index in [9.17, 15) is 5.11 Å². The molecule has 70 valence electrons. The van der Waals surface area contributed by atoms with Gasteiger partial charge in [0.2, 0.25) is 0 Å². The summed E-state index contributed by atoms with van der Waals surface area (Å²) in [5.41, 5.74) is 2.49. The van der Waals surface area contributed by atoms with Gasteiger partial charge in [-0.05, 0) is 29.9 Å². The molecular weight excluding hydrogens is 160 g/mol. The Morgan fingerprint density at radius 3 is 2.92 bits per heavy atom. The molecule has 0 aliphatic heterocycles. The molecule has 0 amide bonds. The molecule has 1 nitrogen and oxygen atoms in total. The van der Waals surface area contributed by atoms with Gasteiger partial charge >= 0.3 is 0 Å². The fourth-order valence-electron chi connectivity index (χ4n) is 2.19. The van der Waals surface area contributed by atoms with E-state index in [1.807, 2.05) is 12.1 Å². The predicted molar refractivity (Wildman–Crippen MR) is 53.5 cm³/mol. The molecule has 1 aromatic carbocycles. The van der Waals surface area contributed by atoms with E-state index in [-0.39, 0.29) is 6.10 Å². The Kier molecular flexibility index (Phi) is 2.36. The van der Waals surface area contributed by atoms with Crippen LogP contribution in [-0.2, 0) is 6.42 Å². The minimum Gasteiger partial charge on any atom is -0.388 e. The molecule has 0 bridgehead atoms. The van der Waals surface area contributed by atoms with Crippen LogP contribution in [0.2, 0.25) is 0 Å². The van der Waals surface area contributed by atoms with Crippen molar-refractivity contribution in [2.75, 3.05) is 0 Å². The number of hydrogen-bond donors (Lipinski definition) is 1. The molecule has 0 saturated carbocycles. The van der Waals surface area contributed by atoms with Gasteiger partial charge in [-0.15, -0.1) is 0 Å². The van der Waals surface area contributed by atoms with E-state index in [2.05, 4.69) is 19.1 Å². The molecule has 1 aromatic rings. The lowest BCUT2D eigenvalue weighted by Gasteiger charge is -2.27. The first-order valence-electron chi connectivity index (χ1n) is 5.07. The molecule has 1 aliphatic carbocycles. The molecule has 2 atom stereocenters. The summed E-state index contributed by atoms with van der Waals surface area (Å²) in [6, 6.07) is 8.25. The summed E-state index contributed by atoms with van der Waals surface area (Å²) >= 11 is 0. The molecule has 0 radical (unpaired) electrons. The molecule has 2 unspecified atom stereocenters. The van der Waals surface area contributed by atoms with Crippen molar-refractivity contribution in [3.63, 3.8) is 0 Å². The van der Waals surface area contributed by atoms with Gasteiger partial charge in [-0.2, -0.15) is 0 Å². The first-order chi connectivity index (χ1) is 6.31. The Morgan fingerprint density at radius 1 is 1.38 bits per heavy atom. The number of rotatable bonds is 1. The normalized spacial score (nSPS) is 26.9. The second-order valence-corrected chi connectivity index (χ2v) is 3.93. The van der Waals surface area contributed by atoms with E-state index in [0.29, 0.717) is 5.92 Å². The summed E-state index contributed by atoms with van der Waals surface area (Å²) in [4.78, 5) is 0. The van der Waals surface area contributed by atoms with Crippen molar-refractivity contribution in [3.8, 4) is 0 Å². The van der Waals surface area contributed by atoms with Crippen LogP contribution >= 0.6 is 0 Å². The van der Waals surface area contributed by atoms with Gasteiger partial charge < -0.3 is 5.11 Å². The molecule has 0 saturated heterocycles. The lowest BCUT2D eigenvalue weighted by atomic mass is 9.81. The average Bonchev–Trinajstić information content (AvgIpc) is 2.18. The maximum atomic E-state index is 9.86. The summed E-state index contributed by atoms with van der Waals surface area (Å²) in [5, 5.41) is 9.86. The van der Waals surface area contributed by atoms with E-state index < -0.39 is 0 Å². The first kappa shape index (κ1) is 8.76. The van der Waals surface area contributed by atoms with E-state index >= 15 is 0 Å². The van der Waals surface area contributed by atoms with Crippen molar-refractivity contribution >= 4 is 0 Å². The molecule has 0 heterocycles. The quantitative estimate of drug-likeness (QED) is 0.697. The van der Waals surface area contributed by atoms with Crippen molar-refractivity contribution < 1.29 is 5.11 Å². The van der Waals surface area contributed by atoms with Gasteiger partial charge in [-0.25, -0.2) is 0 Å². The van der Waals surface area contributed by atoms with Gasteiger partial charge in [0.1, 0.15) is 0 Å². The number of aliphatic hydroxyl groups excluding tert-OH is 1. The molecule has 0 aromatic heterocycles. The van der Waals surface area contributed by atoms with Gasteiger partial charge in [0.25, 0.3) is 0 Å². The molecule has 0 fully saturated rings. The van der Waals surface area contributed by atoms with Gasteiger partial charge in [0.05, 0.1) is 6.10 Å². The smallest absolute Gasteiger partial charge is 0.0795 e. The Labute approximate surface area is 79.4 Å². The van der Waals surface area contributed by atoms with E-state index in [1.54, 1.807) is 0 Å². The zero-order valence-electron chi connectivity index (χ0n) is 8.03. The summed E-state index contributed by atoms with van der Waals surface area (Å²) in [6.45, 7) is 2.20. The second-order valence-electron chi connectivity index (χ2n) is 3.93.